The highest BCUT2D eigenvalue weighted by Gasteiger charge is 2.38. The van der Waals surface area contributed by atoms with Crippen LogP contribution in [-0.4, -0.2) is 27.4 Å². The van der Waals surface area contributed by atoms with E-state index in [4.69, 9.17) is 5.73 Å². The fraction of sp³-hybridized carbons (Fsp3) is 0.545. The first kappa shape index (κ1) is 10.9. The zero-order chi connectivity index (χ0) is 11.6. The second kappa shape index (κ2) is 4.08. The normalized spacial score (nSPS) is 25.4. The van der Waals surface area contributed by atoms with E-state index in [-0.39, 0.29) is 11.6 Å². The Morgan fingerprint density at radius 1 is 1.44 bits per heavy atom. The molecule has 1 fully saturated rings. The van der Waals surface area contributed by atoms with Crippen molar-refractivity contribution in [2.24, 2.45) is 5.73 Å². The molecule has 2 heterocycles. The van der Waals surface area contributed by atoms with Crippen LogP contribution in [0.4, 0.5) is 4.79 Å². The predicted octanol–water partition coefficient (Wildman–Crippen LogP) is 1.26. The van der Waals surface area contributed by atoms with Crippen LogP contribution in [0.25, 0.3) is 0 Å². The van der Waals surface area contributed by atoms with Crippen molar-refractivity contribution in [3.8, 4) is 0 Å². The molecule has 16 heavy (non-hydrogen) atoms. The fourth-order valence-corrected chi connectivity index (χ4v) is 2.35. The predicted molar refractivity (Wildman–Crippen MR) is 59.5 cm³/mol. The zero-order valence-corrected chi connectivity index (χ0v) is 9.39. The summed E-state index contributed by atoms with van der Waals surface area (Å²) in [5, 5.41) is 0. The minimum Gasteiger partial charge on any atom is -0.351 e. The Morgan fingerprint density at radius 2 is 2.12 bits per heavy atom. The molecule has 2 rings (SSSR count). The van der Waals surface area contributed by atoms with E-state index >= 15 is 0 Å². The molecule has 0 aromatic carbocycles. The van der Waals surface area contributed by atoms with Crippen LogP contribution in [0.1, 0.15) is 31.7 Å². The number of amides is 2. The van der Waals surface area contributed by atoms with Crippen molar-refractivity contribution < 1.29 is 4.79 Å². The van der Waals surface area contributed by atoms with Crippen LogP contribution in [0.5, 0.6) is 0 Å². The van der Waals surface area contributed by atoms with Gasteiger partial charge in [-0.05, 0) is 26.2 Å². The number of primary amides is 1. The van der Waals surface area contributed by atoms with Crippen molar-refractivity contribution in [3.05, 3.63) is 24.3 Å². The molecule has 1 aromatic rings. The Bertz CT molecular complexity index is 381. The van der Waals surface area contributed by atoms with Crippen molar-refractivity contribution in [2.75, 3.05) is 6.54 Å². The average Bonchev–Trinajstić information content (AvgIpc) is 2.30. The zero-order valence-electron chi connectivity index (χ0n) is 9.39. The lowest BCUT2D eigenvalue weighted by molar-refractivity contribution is 0.0932. The van der Waals surface area contributed by atoms with Crippen molar-refractivity contribution in [1.29, 1.82) is 0 Å². The van der Waals surface area contributed by atoms with Gasteiger partial charge in [0.25, 0.3) is 0 Å². The molecule has 2 amide bonds. The third-order valence-corrected chi connectivity index (χ3v) is 3.34. The molecule has 5 nitrogen and oxygen atoms in total. The lowest BCUT2D eigenvalue weighted by Crippen LogP contribution is -2.52. The molecule has 0 saturated carbocycles. The minimum atomic E-state index is -0.369. The smallest absolute Gasteiger partial charge is 0.315 e. The van der Waals surface area contributed by atoms with Crippen LogP contribution >= 0.6 is 0 Å². The highest BCUT2D eigenvalue weighted by Crippen LogP contribution is 2.36. The Labute approximate surface area is 94.7 Å². The molecular formula is C11H16N4O. The van der Waals surface area contributed by atoms with Crippen molar-refractivity contribution in [1.82, 2.24) is 14.9 Å². The van der Waals surface area contributed by atoms with E-state index < -0.39 is 0 Å². The third kappa shape index (κ3) is 1.73. The summed E-state index contributed by atoms with van der Waals surface area (Å²) in [6.07, 6.45) is 8.01. The summed E-state index contributed by atoms with van der Waals surface area (Å²) >= 11 is 0. The largest absolute Gasteiger partial charge is 0.351 e. The molecule has 1 aliphatic rings. The first-order valence-corrected chi connectivity index (χ1v) is 5.47. The number of carbonyl (C=O) groups excluding carboxylic acids is 1. The van der Waals surface area contributed by atoms with Gasteiger partial charge in [0.1, 0.15) is 6.33 Å². The van der Waals surface area contributed by atoms with Gasteiger partial charge in [-0.15, -0.1) is 0 Å². The molecule has 2 N–H and O–H groups in total. The van der Waals surface area contributed by atoms with Crippen LogP contribution in [0.15, 0.2) is 18.7 Å². The minimum absolute atomic E-state index is 0.356. The number of hydrogen-bond donors (Lipinski definition) is 1. The lowest BCUT2D eigenvalue weighted by Gasteiger charge is -2.43. The molecule has 1 atom stereocenters. The number of aromatic nitrogens is 2. The van der Waals surface area contributed by atoms with Gasteiger partial charge in [0.15, 0.2) is 0 Å². The first-order chi connectivity index (χ1) is 7.64. The molecule has 0 aliphatic carbocycles. The van der Waals surface area contributed by atoms with Gasteiger partial charge in [0.2, 0.25) is 0 Å². The number of piperidine rings is 1. The molecule has 1 aliphatic heterocycles. The summed E-state index contributed by atoms with van der Waals surface area (Å²) in [4.78, 5) is 21.2. The molecule has 1 aromatic heterocycles. The molecule has 5 heteroatoms. The van der Waals surface area contributed by atoms with E-state index in [2.05, 4.69) is 9.97 Å². The summed E-state index contributed by atoms with van der Waals surface area (Å²) in [5.74, 6) is 0. The second-order valence-electron chi connectivity index (χ2n) is 4.35. The van der Waals surface area contributed by atoms with Gasteiger partial charge in [0, 0.05) is 24.5 Å². The molecule has 0 radical (unpaired) electrons. The summed E-state index contributed by atoms with van der Waals surface area (Å²) in [5.41, 5.74) is 6.02. The van der Waals surface area contributed by atoms with Crippen LogP contribution in [0.3, 0.4) is 0 Å². The van der Waals surface area contributed by atoms with Gasteiger partial charge < -0.3 is 10.6 Å². The van der Waals surface area contributed by atoms with Crippen molar-refractivity contribution in [3.63, 3.8) is 0 Å². The van der Waals surface area contributed by atoms with Gasteiger partial charge in [-0.2, -0.15) is 0 Å². The quantitative estimate of drug-likeness (QED) is 0.774. The van der Waals surface area contributed by atoms with Gasteiger partial charge in [-0.3, -0.25) is 0 Å². The number of nitrogens with two attached hydrogens (primary N) is 1. The molecule has 1 saturated heterocycles. The summed E-state index contributed by atoms with van der Waals surface area (Å²) in [6, 6.07) is -0.369. The molecule has 1 unspecified atom stereocenters. The van der Waals surface area contributed by atoms with E-state index in [9.17, 15) is 4.79 Å². The average molecular weight is 220 g/mol. The maximum absolute atomic E-state index is 11.5. The molecule has 0 spiro atoms. The summed E-state index contributed by atoms with van der Waals surface area (Å²) in [6.45, 7) is 2.73. The number of nitrogens with zero attached hydrogens (tertiary/aromatic N) is 3. The van der Waals surface area contributed by atoms with Crippen LogP contribution in [-0.2, 0) is 5.54 Å². The van der Waals surface area contributed by atoms with E-state index in [1.807, 2.05) is 6.92 Å². The summed E-state index contributed by atoms with van der Waals surface area (Å²) < 4.78 is 0. The van der Waals surface area contributed by atoms with Gasteiger partial charge in [0.05, 0.1) is 5.54 Å². The Hall–Kier alpha value is -1.65. The van der Waals surface area contributed by atoms with Crippen molar-refractivity contribution >= 4 is 6.03 Å². The standard InChI is InChI=1S/C11H16N4O/c1-11(9-6-13-8-14-7-9)4-2-3-5-15(11)10(12)16/h6-8H,2-5H2,1H3,(H2,12,16). The van der Waals surface area contributed by atoms with Crippen molar-refractivity contribution in [2.45, 2.75) is 31.7 Å². The maximum Gasteiger partial charge on any atom is 0.315 e. The summed E-state index contributed by atoms with van der Waals surface area (Å²) in [7, 11) is 0. The SMILES string of the molecule is CC1(c2cncnc2)CCCCN1C(N)=O. The molecular weight excluding hydrogens is 204 g/mol. The number of carbonyl (C=O) groups is 1. The van der Waals surface area contributed by atoms with E-state index in [0.29, 0.717) is 6.54 Å². The molecule has 86 valence electrons. The van der Waals surface area contributed by atoms with Crippen LogP contribution < -0.4 is 5.73 Å². The first-order valence-electron chi connectivity index (χ1n) is 5.47. The van der Waals surface area contributed by atoms with E-state index in [1.165, 1.54) is 6.33 Å². The third-order valence-electron chi connectivity index (χ3n) is 3.34. The molecule has 0 bridgehead atoms. The van der Waals surface area contributed by atoms with Gasteiger partial charge in [-0.1, -0.05) is 0 Å². The fourth-order valence-electron chi connectivity index (χ4n) is 2.35. The maximum atomic E-state index is 11.5. The number of urea groups is 1. The second-order valence-corrected chi connectivity index (χ2v) is 4.35. The highest BCUT2D eigenvalue weighted by atomic mass is 16.2. The van der Waals surface area contributed by atoms with Crippen LogP contribution in [0, 0.1) is 0 Å². The van der Waals surface area contributed by atoms with E-state index in [1.54, 1.807) is 17.3 Å². The Balaban J connectivity index is 2.37. The highest BCUT2D eigenvalue weighted by molar-refractivity contribution is 5.73. The van der Waals surface area contributed by atoms with Gasteiger partial charge >= 0.3 is 6.03 Å². The van der Waals surface area contributed by atoms with Gasteiger partial charge in [-0.25, -0.2) is 14.8 Å². The van der Waals surface area contributed by atoms with E-state index in [0.717, 1.165) is 24.8 Å². The monoisotopic (exact) mass is 220 g/mol. The van der Waals surface area contributed by atoms with Crippen LogP contribution in [0.2, 0.25) is 0 Å². The Kier molecular flexibility index (Phi) is 2.77. The topological polar surface area (TPSA) is 72.1 Å². The number of rotatable bonds is 1. The Morgan fingerprint density at radius 3 is 2.75 bits per heavy atom. The lowest BCUT2D eigenvalue weighted by atomic mass is 9.83. The number of hydrogen-bond acceptors (Lipinski definition) is 3. The number of likely N-dealkylation sites (tertiary alicyclic amines) is 1.